The maximum Gasteiger partial charge on any atom is 0.220 e. The summed E-state index contributed by atoms with van der Waals surface area (Å²) in [4.78, 5) is 12.3. The highest BCUT2D eigenvalue weighted by Gasteiger charge is 2.19. The van der Waals surface area contributed by atoms with E-state index in [9.17, 15) is 4.79 Å². The van der Waals surface area contributed by atoms with Crippen molar-refractivity contribution in [2.24, 2.45) is 0 Å². The molecule has 1 heterocycles. The molecule has 0 fully saturated rings. The van der Waals surface area contributed by atoms with Gasteiger partial charge >= 0.3 is 0 Å². The Labute approximate surface area is 165 Å². The highest BCUT2D eigenvalue weighted by atomic mass is 35.5. The number of anilines is 1. The number of para-hydroxylation sites is 1. The van der Waals surface area contributed by atoms with E-state index in [1.165, 1.54) is 0 Å². The quantitative estimate of drug-likeness (QED) is 0.606. The van der Waals surface area contributed by atoms with Crippen molar-refractivity contribution in [3.8, 4) is 5.75 Å². The van der Waals surface area contributed by atoms with E-state index in [0.29, 0.717) is 12.8 Å². The molecule has 0 aliphatic heterocycles. The van der Waals surface area contributed by atoms with E-state index in [1.807, 2.05) is 56.3 Å². The Morgan fingerprint density at radius 3 is 2.70 bits per heavy atom. The molecule has 0 bridgehead atoms. The normalized spacial score (nSPS) is 11.7. The largest absolute Gasteiger partial charge is 0.497 e. The van der Waals surface area contributed by atoms with E-state index in [0.717, 1.165) is 39.3 Å². The monoisotopic (exact) mass is 388 g/mol. The average Bonchev–Trinajstić information content (AvgIpc) is 2.97. The minimum Gasteiger partial charge on any atom is -0.497 e. The first kappa shape index (κ1) is 20.6. The molecule has 144 valence electrons. The molecule has 1 amide bonds. The number of hydrogen-bond donors (Lipinski definition) is 2. The van der Waals surface area contributed by atoms with Crippen LogP contribution in [0.5, 0.6) is 5.75 Å². The van der Waals surface area contributed by atoms with E-state index in [4.69, 9.17) is 14.9 Å². The lowest BCUT2D eigenvalue weighted by molar-refractivity contribution is -0.121. The molecule has 0 saturated heterocycles. The van der Waals surface area contributed by atoms with Gasteiger partial charge in [0.05, 0.1) is 13.2 Å². The van der Waals surface area contributed by atoms with Gasteiger partial charge in [0, 0.05) is 23.1 Å². The molecule has 3 N–H and O–H groups in total. The topological polar surface area (TPSA) is 77.5 Å². The van der Waals surface area contributed by atoms with Gasteiger partial charge in [-0.3, -0.25) is 4.79 Å². The number of furan rings is 1. The molecule has 0 aliphatic rings. The number of rotatable bonds is 6. The van der Waals surface area contributed by atoms with E-state index in [2.05, 4.69) is 5.32 Å². The van der Waals surface area contributed by atoms with Gasteiger partial charge in [0.1, 0.15) is 17.1 Å². The summed E-state index contributed by atoms with van der Waals surface area (Å²) in [7, 11) is 1.64. The third-order valence-electron chi connectivity index (χ3n) is 4.63. The Morgan fingerprint density at radius 2 is 2.00 bits per heavy atom. The third-order valence-corrected chi connectivity index (χ3v) is 4.63. The number of halogens is 1. The summed E-state index contributed by atoms with van der Waals surface area (Å²) in [5.74, 6) is 1.52. The second-order valence-corrected chi connectivity index (χ2v) is 6.44. The molecule has 1 aromatic heterocycles. The molecular formula is C21H25ClN2O3. The van der Waals surface area contributed by atoms with Crippen molar-refractivity contribution in [1.29, 1.82) is 0 Å². The zero-order valence-electron chi connectivity index (χ0n) is 15.7. The van der Waals surface area contributed by atoms with Crippen LogP contribution in [0.25, 0.3) is 11.0 Å². The van der Waals surface area contributed by atoms with E-state index >= 15 is 0 Å². The fourth-order valence-corrected chi connectivity index (χ4v) is 3.15. The van der Waals surface area contributed by atoms with Crippen molar-refractivity contribution >= 4 is 35.0 Å². The average molecular weight is 389 g/mol. The molecule has 0 saturated carbocycles. The number of benzene rings is 2. The number of aryl methyl sites for hydroxylation is 2. The molecule has 5 nitrogen and oxygen atoms in total. The van der Waals surface area contributed by atoms with Crippen molar-refractivity contribution in [3.05, 3.63) is 59.4 Å². The number of fused-ring (bicyclic) bond motifs is 1. The number of methoxy groups -OCH3 is 1. The van der Waals surface area contributed by atoms with Gasteiger partial charge in [-0.15, -0.1) is 12.4 Å². The third kappa shape index (κ3) is 4.55. The molecule has 2 aromatic carbocycles. The molecule has 1 unspecified atom stereocenters. The van der Waals surface area contributed by atoms with Crippen LogP contribution in [-0.2, 0) is 11.2 Å². The molecule has 3 aromatic rings. The molecule has 0 radical (unpaired) electrons. The Kier molecular flexibility index (Phi) is 6.75. The minimum atomic E-state index is -0.214. The van der Waals surface area contributed by atoms with Crippen LogP contribution in [0.1, 0.15) is 36.3 Å². The second kappa shape index (κ2) is 8.82. The molecule has 27 heavy (non-hydrogen) atoms. The number of hydrogen-bond acceptors (Lipinski definition) is 4. The maximum absolute atomic E-state index is 12.3. The summed E-state index contributed by atoms with van der Waals surface area (Å²) in [6, 6.07) is 13.1. The lowest BCUT2D eigenvalue weighted by Crippen LogP contribution is -2.27. The fourth-order valence-electron chi connectivity index (χ4n) is 3.15. The van der Waals surface area contributed by atoms with Crippen molar-refractivity contribution in [1.82, 2.24) is 5.32 Å². The summed E-state index contributed by atoms with van der Waals surface area (Å²) in [6.45, 7) is 3.92. The predicted octanol–water partition coefficient (Wildman–Crippen LogP) is 4.56. The number of nitrogens with two attached hydrogens (primary N) is 1. The fraction of sp³-hybridized carbons (Fsp3) is 0.286. The Bertz CT molecular complexity index is 936. The van der Waals surface area contributed by atoms with Crippen molar-refractivity contribution in [3.63, 3.8) is 0 Å². The van der Waals surface area contributed by atoms with Gasteiger partial charge in [-0.05, 0) is 50.1 Å². The summed E-state index contributed by atoms with van der Waals surface area (Å²) < 4.78 is 11.2. The van der Waals surface area contributed by atoms with Gasteiger partial charge in [0.25, 0.3) is 0 Å². The van der Waals surface area contributed by atoms with E-state index in [-0.39, 0.29) is 24.4 Å². The summed E-state index contributed by atoms with van der Waals surface area (Å²) in [5.41, 5.74) is 9.44. The molecule has 0 spiro atoms. The Balaban J connectivity index is 0.00000261. The number of nitrogen functional groups attached to an aromatic ring is 1. The first-order valence-corrected chi connectivity index (χ1v) is 8.69. The molecule has 0 aliphatic carbocycles. The van der Waals surface area contributed by atoms with Gasteiger partial charge in [0.15, 0.2) is 0 Å². The van der Waals surface area contributed by atoms with E-state index < -0.39 is 0 Å². The number of ether oxygens (including phenoxy) is 1. The van der Waals surface area contributed by atoms with Crippen LogP contribution in [0, 0.1) is 6.92 Å². The van der Waals surface area contributed by atoms with E-state index in [1.54, 1.807) is 7.11 Å². The number of carbonyl (C=O) groups excluding carboxylic acids is 1. The van der Waals surface area contributed by atoms with Crippen molar-refractivity contribution in [2.45, 2.75) is 32.7 Å². The summed E-state index contributed by atoms with van der Waals surface area (Å²) in [6.07, 6.45) is 0.993. The number of amides is 1. The summed E-state index contributed by atoms with van der Waals surface area (Å²) in [5, 5.41) is 4.01. The lowest BCUT2D eigenvalue weighted by Gasteiger charge is -2.13. The second-order valence-electron chi connectivity index (χ2n) is 6.44. The van der Waals surface area contributed by atoms with Crippen LogP contribution in [0.15, 0.2) is 46.9 Å². The molecule has 6 heteroatoms. The van der Waals surface area contributed by atoms with Crippen LogP contribution in [-0.4, -0.2) is 13.0 Å². The highest BCUT2D eigenvalue weighted by Crippen LogP contribution is 2.31. The predicted molar refractivity (Wildman–Crippen MR) is 110 cm³/mol. The molecule has 3 rings (SSSR count). The molecular weight excluding hydrogens is 364 g/mol. The first-order chi connectivity index (χ1) is 12.5. The zero-order chi connectivity index (χ0) is 18.7. The minimum absolute atomic E-state index is 0. The van der Waals surface area contributed by atoms with Crippen molar-refractivity contribution < 1.29 is 13.9 Å². The van der Waals surface area contributed by atoms with Crippen LogP contribution in [0.3, 0.4) is 0 Å². The maximum atomic E-state index is 12.3. The number of nitrogens with one attached hydrogen (secondary N) is 1. The molecule has 1 atom stereocenters. The Morgan fingerprint density at radius 1 is 1.26 bits per heavy atom. The van der Waals surface area contributed by atoms with Crippen LogP contribution in [0.4, 0.5) is 5.69 Å². The smallest absolute Gasteiger partial charge is 0.220 e. The first-order valence-electron chi connectivity index (χ1n) is 8.69. The van der Waals surface area contributed by atoms with Crippen molar-refractivity contribution in [2.75, 3.05) is 12.8 Å². The zero-order valence-corrected chi connectivity index (χ0v) is 16.6. The van der Waals surface area contributed by atoms with Gasteiger partial charge in [-0.25, -0.2) is 0 Å². The lowest BCUT2D eigenvalue weighted by atomic mass is 10.1. The summed E-state index contributed by atoms with van der Waals surface area (Å²) >= 11 is 0. The van der Waals surface area contributed by atoms with Gasteiger partial charge < -0.3 is 20.2 Å². The van der Waals surface area contributed by atoms with Gasteiger partial charge in [-0.2, -0.15) is 0 Å². The SMILES string of the molecule is COc1ccc2oc(C(C)NC(=O)CCc3ccccc3N)c(C)c2c1.Cl. The van der Waals surface area contributed by atoms with Crippen LogP contribution < -0.4 is 15.8 Å². The van der Waals surface area contributed by atoms with Gasteiger partial charge in [-0.1, -0.05) is 18.2 Å². The van der Waals surface area contributed by atoms with Crippen LogP contribution in [0.2, 0.25) is 0 Å². The standard InChI is InChI=1S/C21H24N2O3.ClH/c1-13-17-12-16(25-3)9-10-19(17)26-21(13)14(2)23-20(24)11-8-15-6-4-5-7-18(15)22;/h4-7,9-10,12,14H,8,11,22H2,1-3H3,(H,23,24);1H. The Hall–Kier alpha value is -2.66. The van der Waals surface area contributed by atoms with Crippen LogP contribution >= 0.6 is 12.4 Å². The number of carbonyl (C=O) groups is 1. The van der Waals surface area contributed by atoms with Gasteiger partial charge in [0.2, 0.25) is 5.91 Å². The highest BCUT2D eigenvalue weighted by molar-refractivity contribution is 5.85.